The number of imidazole rings is 1. The van der Waals surface area contributed by atoms with Gasteiger partial charge >= 0.3 is 5.97 Å². The van der Waals surface area contributed by atoms with Crippen LogP contribution in [-0.4, -0.2) is 28.2 Å². The van der Waals surface area contributed by atoms with Gasteiger partial charge in [-0.25, -0.2) is 9.78 Å². The largest absolute Gasteiger partial charge is 0.872 e. The van der Waals surface area contributed by atoms with Crippen LogP contribution in [0.5, 0.6) is 11.5 Å². The van der Waals surface area contributed by atoms with Crippen LogP contribution in [0, 0.1) is 0 Å². The highest BCUT2D eigenvalue weighted by molar-refractivity contribution is 5.96. The van der Waals surface area contributed by atoms with Crippen LogP contribution in [0.2, 0.25) is 0 Å². The van der Waals surface area contributed by atoms with E-state index in [-0.39, 0.29) is 16.9 Å². The maximum absolute atomic E-state index is 12.2. The quantitative estimate of drug-likeness (QED) is 0.720. The van der Waals surface area contributed by atoms with Gasteiger partial charge in [0.05, 0.1) is 18.1 Å². The number of aromatic amines is 1. The first kappa shape index (κ1) is 14.6. The summed E-state index contributed by atoms with van der Waals surface area (Å²) >= 11 is 0. The number of fused-ring (bicyclic) bond motifs is 1. The summed E-state index contributed by atoms with van der Waals surface area (Å²) in [4.78, 5) is 18.6. The second-order valence-electron chi connectivity index (χ2n) is 4.86. The van der Waals surface area contributed by atoms with Crippen molar-refractivity contribution in [3.63, 3.8) is 0 Å². The van der Waals surface area contributed by atoms with Gasteiger partial charge in [-0.3, -0.25) is 0 Å². The Morgan fingerprint density at radius 2 is 2.09 bits per heavy atom. The Morgan fingerprint density at radius 1 is 1.30 bits per heavy atom. The van der Waals surface area contributed by atoms with Gasteiger partial charge in [0.1, 0.15) is 11.6 Å². The molecule has 23 heavy (non-hydrogen) atoms. The lowest BCUT2D eigenvalue weighted by molar-refractivity contribution is -0.268. The number of hydrogen-bond acceptors (Lipinski definition) is 4. The molecule has 0 bridgehead atoms. The standard InChI is InChI=1S/C17H14N2O4/c1-23-10-6-7-15(20)11(8-10)12(9-16(21)22)17-18-13-4-2-3-5-14(13)19-17/h2-9,20H,1H3,(H,18,19)(H,21,22)/p-1/b12-9-. The van der Waals surface area contributed by atoms with Crippen LogP contribution in [0.25, 0.3) is 16.6 Å². The Hall–Kier alpha value is -3.28. The number of carboxylic acid groups (broad SMARTS) is 1. The van der Waals surface area contributed by atoms with Crippen molar-refractivity contribution in [2.24, 2.45) is 0 Å². The molecule has 116 valence electrons. The molecule has 0 aliphatic heterocycles. The highest BCUT2D eigenvalue weighted by Gasteiger charge is 2.13. The van der Waals surface area contributed by atoms with E-state index in [1.807, 2.05) is 18.2 Å². The molecule has 0 aliphatic rings. The average Bonchev–Trinajstić information content (AvgIpc) is 2.97. The number of methoxy groups -OCH3 is 1. The van der Waals surface area contributed by atoms with Crippen LogP contribution in [0.4, 0.5) is 0 Å². The van der Waals surface area contributed by atoms with E-state index in [0.29, 0.717) is 17.1 Å². The van der Waals surface area contributed by atoms with E-state index >= 15 is 0 Å². The lowest BCUT2D eigenvalue weighted by Gasteiger charge is -2.16. The summed E-state index contributed by atoms with van der Waals surface area (Å²) in [6, 6.07) is 11.7. The molecule has 0 saturated heterocycles. The van der Waals surface area contributed by atoms with Gasteiger partial charge in [-0.05, 0) is 29.8 Å². The van der Waals surface area contributed by atoms with Gasteiger partial charge in [-0.2, -0.15) is 0 Å². The molecule has 6 heteroatoms. The zero-order valence-electron chi connectivity index (χ0n) is 12.2. The van der Waals surface area contributed by atoms with E-state index < -0.39 is 5.97 Å². The fraction of sp³-hybridized carbons (Fsp3) is 0.0588. The number of hydrogen-bond donors (Lipinski definition) is 2. The third-order valence-corrected chi connectivity index (χ3v) is 3.39. The maximum Gasteiger partial charge on any atom is 0.329 e. The third-order valence-electron chi connectivity index (χ3n) is 3.39. The summed E-state index contributed by atoms with van der Waals surface area (Å²) in [7, 11) is 1.48. The number of nitrogens with one attached hydrogen (secondary N) is 1. The summed E-state index contributed by atoms with van der Waals surface area (Å²) < 4.78 is 5.12. The second kappa shape index (κ2) is 5.84. The number of para-hydroxylation sites is 2. The molecule has 6 nitrogen and oxygen atoms in total. The third kappa shape index (κ3) is 2.87. The van der Waals surface area contributed by atoms with Gasteiger partial charge in [0, 0.05) is 11.6 Å². The summed E-state index contributed by atoms with van der Waals surface area (Å²) in [5.74, 6) is -0.688. The predicted molar refractivity (Wildman–Crippen MR) is 83.2 cm³/mol. The molecule has 3 rings (SSSR count). The van der Waals surface area contributed by atoms with Crippen LogP contribution < -0.4 is 9.84 Å². The fourth-order valence-corrected chi connectivity index (χ4v) is 2.32. The predicted octanol–water partition coefficient (Wildman–Crippen LogP) is 2.16. The highest BCUT2D eigenvalue weighted by atomic mass is 16.5. The Bertz CT molecular complexity index is 879. The van der Waals surface area contributed by atoms with Crippen LogP contribution >= 0.6 is 0 Å². The van der Waals surface area contributed by atoms with Gasteiger partial charge in [0.15, 0.2) is 0 Å². The molecule has 0 spiro atoms. The zero-order chi connectivity index (χ0) is 16.4. The van der Waals surface area contributed by atoms with Gasteiger partial charge in [0.25, 0.3) is 0 Å². The maximum atomic E-state index is 12.2. The molecule has 0 atom stereocenters. The number of ether oxygens (including phenoxy) is 1. The number of nitrogens with zero attached hydrogens (tertiary/aromatic N) is 1. The SMILES string of the molecule is COc1ccc([O-])c(/C(=C/C(=O)O)c2nc3ccccc3[nH]2)c1. The lowest BCUT2D eigenvalue weighted by Crippen LogP contribution is -2.02. The number of aromatic nitrogens is 2. The van der Waals surface area contributed by atoms with Crippen molar-refractivity contribution in [2.45, 2.75) is 0 Å². The molecular weight excluding hydrogens is 296 g/mol. The molecule has 1 aromatic heterocycles. The number of benzene rings is 2. The first-order chi connectivity index (χ1) is 11.1. The van der Waals surface area contributed by atoms with Crippen LogP contribution in [0.1, 0.15) is 11.4 Å². The summed E-state index contributed by atoms with van der Waals surface area (Å²) in [5.41, 5.74) is 1.87. The monoisotopic (exact) mass is 309 g/mol. The number of aliphatic carboxylic acids is 1. The molecule has 0 aliphatic carbocycles. The van der Waals surface area contributed by atoms with Crippen molar-refractivity contribution < 1.29 is 19.7 Å². The molecule has 1 heterocycles. The van der Waals surface area contributed by atoms with E-state index in [2.05, 4.69) is 9.97 Å². The van der Waals surface area contributed by atoms with E-state index in [1.54, 1.807) is 6.07 Å². The topological polar surface area (TPSA) is 98.3 Å². The smallest absolute Gasteiger partial charge is 0.329 e. The first-order valence-corrected chi connectivity index (χ1v) is 6.83. The minimum absolute atomic E-state index is 0.206. The van der Waals surface area contributed by atoms with Crippen molar-refractivity contribution in [1.82, 2.24) is 9.97 Å². The Balaban J connectivity index is 2.21. The number of carbonyl (C=O) groups is 1. The molecule has 0 unspecified atom stereocenters. The minimum atomic E-state index is -1.16. The van der Waals surface area contributed by atoms with Crippen molar-refractivity contribution in [2.75, 3.05) is 7.11 Å². The van der Waals surface area contributed by atoms with Gasteiger partial charge in [-0.15, -0.1) is 5.75 Å². The molecule has 2 N–H and O–H groups in total. The van der Waals surface area contributed by atoms with E-state index in [0.717, 1.165) is 11.6 Å². The van der Waals surface area contributed by atoms with Crippen LogP contribution in [-0.2, 0) is 4.79 Å². The number of carboxylic acids is 1. The van der Waals surface area contributed by atoms with Gasteiger partial charge < -0.3 is 19.9 Å². The molecule has 3 aromatic rings. The molecule has 0 radical (unpaired) electrons. The van der Waals surface area contributed by atoms with Crippen LogP contribution in [0.15, 0.2) is 48.5 Å². The van der Waals surface area contributed by atoms with Gasteiger partial charge in [0.2, 0.25) is 0 Å². The van der Waals surface area contributed by atoms with Gasteiger partial charge in [-0.1, -0.05) is 18.2 Å². The Labute approximate surface area is 131 Å². The van der Waals surface area contributed by atoms with Crippen LogP contribution in [0.3, 0.4) is 0 Å². The van der Waals surface area contributed by atoms with Crippen molar-refractivity contribution in [3.8, 4) is 11.5 Å². The number of H-pyrrole nitrogens is 1. The Morgan fingerprint density at radius 3 is 2.78 bits per heavy atom. The van der Waals surface area contributed by atoms with E-state index in [1.165, 1.54) is 25.3 Å². The lowest BCUT2D eigenvalue weighted by atomic mass is 10.0. The van der Waals surface area contributed by atoms with Crippen molar-refractivity contribution in [3.05, 3.63) is 59.9 Å². The fourth-order valence-electron chi connectivity index (χ4n) is 2.32. The minimum Gasteiger partial charge on any atom is -0.872 e. The molecule has 2 aromatic carbocycles. The van der Waals surface area contributed by atoms with E-state index in [9.17, 15) is 9.90 Å². The van der Waals surface area contributed by atoms with Crippen molar-refractivity contribution in [1.29, 1.82) is 0 Å². The highest BCUT2D eigenvalue weighted by Crippen LogP contribution is 2.31. The molecule has 0 fully saturated rings. The summed E-state index contributed by atoms with van der Waals surface area (Å²) in [5, 5.41) is 21.3. The molecule has 0 saturated carbocycles. The summed E-state index contributed by atoms with van der Waals surface area (Å²) in [6.07, 6.45) is 0.966. The zero-order valence-corrected chi connectivity index (χ0v) is 12.2. The average molecular weight is 309 g/mol. The normalized spacial score (nSPS) is 11.6. The molecule has 0 amide bonds. The molecular formula is C17H13N2O4-. The summed E-state index contributed by atoms with van der Waals surface area (Å²) in [6.45, 7) is 0. The number of rotatable bonds is 4. The van der Waals surface area contributed by atoms with Crippen molar-refractivity contribution >= 4 is 22.6 Å². The second-order valence-corrected chi connectivity index (χ2v) is 4.86. The first-order valence-electron chi connectivity index (χ1n) is 6.83. The van der Waals surface area contributed by atoms with E-state index in [4.69, 9.17) is 9.84 Å². The Kier molecular flexibility index (Phi) is 3.72.